The van der Waals surface area contributed by atoms with Crippen LogP contribution < -0.4 is 10.6 Å². The largest absolute Gasteiger partial charge is 0.462 e. The minimum Gasteiger partial charge on any atom is -0.462 e. The molecule has 7 heteroatoms. The van der Waals surface area contributed by atoms with Crippen LogP contribution in [-0.2, 0) is 19.8 Å². The lowest BCUT2D eigenvalue weighted by Gasteiger charge is -2.38. The first kappa shape index (κ1) is 21.0. The Kier molecular flexibility index (Phi) is 6.95. The third kappa shape index (κ3) is 5.40. The SMILES string of the molecule is CCOC(=O)c1ccc(NC(=O)CNC2(c3ccc(F)cc3)CCOCC2)cc1. The van der Waals surface area contributed by atoms with Gasteiger partial charge >= 0.3 is 5.97 Å². The summed E-state index contributed by atoms with van der Waals surface area (Å²) < 4.78 is 23.7. The van der Waals surface area contributed by atoms with E-state index in [-0.39, 0.29) is 18.3 Å². The lowest BCUT2D eigenvalue weighted by molar-refractivity contribution is -0.116. The maximum atomic E-state index is 13.3. The van der Waals surface area contributed by atoms with Gasteiger partial charge in [-0.2, -0.15) is 0 Å². The average Bonchev–Trinajstić information content (AvgIpc) is 2.74. The van der Waals surface area contributed by atoms with E-state index in [2.05, 4.69) is 10.6 Å². The molecule has 0 unspecified atom stereocenters. The molecule has 1 saturated heterocycles. The molecular weight excluding hydrogens is 375 g/mol. The zero-order valence-electron chi connectivity index (χ0n) is 16.4. The summed E-state index contributed by atoms with van der Waals surface area (Å²) in [5.41, 5.74) is 1.53. The van der Waals surface area contributed by atoms with Gasteiger partial charge in [0, 0.05) is 24.4 Å². The Morgan fingerprint density at radius 1 is 1.07 bits per heavy atom. The van der Waals surface area contributed by atoms with E-state index in [1.54, 1.807) is 43.3 Å². The van der Waals surface area contributed by atoms with Crippen molar-refractivity contribution in [1.29, 1.82) is 0 Å². The predicted octanol–water partition coefficient (Wildman–Crippen LogP) is 3.24. The highest BCUT2D eigenvalue weighted by molar-refractivity contribution is 5.94. The number of hydrogen-bond acceptors (Lipinski definition) is 5. The molecule has 0 saturated carbocycles. The summed E-state index contributed by atoms with van der Waals surface area (Å²) in [5, 5.41) is 6.16. The molecule has 2 aromatic rings. The molecule has 2 N–H and O–H groups in total. The molecule has 3 rings (SSSR count). The summed E-state index contributed by atoms with van der Waals surface area (Å²) >= 11 is 0. The van der Waals surface area contributed by atoms with Gasteiger partial charge in [0.05, 0.1) is 18.7 Å². The van der Waals surface area contributed by atoms with Gasteiger partial charge in [-0.25, -0.2) is 9.18 Å². The first-order valence-corrected chi connectivity index (χ1v) is 9.68. The predicted molar refractivity (Wildman–Crippen MR) is 107 cm³/mol. The van der Waals surface area contributed by atoms with Crippen LogP contribution in [0.1, 0.15) is 35.7 Å². The lowest BCUT2D eigenvalue weighted by atomic mass is 9.82. The normalized spacial score (nSPS) is 15.5. The molecule has 1 heterocycles. The Balaban J connectivity index is 1.62. The van der Waals surface area contributed by atoms with Crippen LogP contribution in [0.4, 0.5) is 10.1 Å². The van der Waals surface area contributed by atoms with E-state index in [1.165, 1.54) is 12.1 Å². The third-order valence-electron chi connectivity index (χ3n) is 5.01. The summed E-state index contributed by atoms with van der Waals surface area (Å²) in [6, 6.07) is 12.9. The first-order chi connectivity index (χ1) is 14.0. The topological polar surface area (TPSA) is 76.7 Å². The monoisotopic (exact) mass is 400 g/mol. The van der Waals surface area contributed by atoms with Crippen LogP contribution in [0.25, 0.3) is 0 Å². The Labute approximate surface area is 169 Å². The molecule has 1 amide bonds. The van der Waals surface area contributed by atoms with Gasteiger partial charge in [0.15, 0.2) is 0 Å². The molecule has 1 aliphatic rings. The second-order valence-electron chi connectivity index (χ2n) is 6.90. The molecule has 0 atom stereocenters. The molecule has 1 fully saturated rings. The zero-order chi connectivity index (χ0) is 20.7. The Hall–Kier alpha value is -2.77. The quantitative estimate of drug-likeness (QED) is 0.698. The first-order valence-electron chi connectivity index (χ1n) is 9.68. The Morgan fingerprint density at radius 3 is 2.34 bits per heavy atom. The van der Waals surface area contributed by atoms with Crippen molar-refractivity contribution in [3.63, 3.8) is 0 Å². The fourth-order valence-corrected chi connectivity index (χ4v) is 3.42. The number of esters is 1. The molecule has 2 aromatic carbocycles. The highest BCUT2D eigenvalue weighted by Crippen LogP contribution is 2.32. The molecular formula is C22H25FN2O4. The van der Waals surface area contributed by atoms with Crippen molar-refractivity contribution in [1.82, 2.24) is 5.32 Å². The van der Waals surface area contributed by atoms with Gasteiger partial charge in [0.1, 0.15) is 5.82 Å². The van der Waals surface area contributed by atoms with Crippen molar-refractivity contribution in [2.45, 2.75) is 25.3 Å². The van der Waals surface area contributed by atoms with Gasteiger partial charge in [0.25, 0.3) is 0 Å². The Morgan fingerprint density at radius 2 is 1.72 bits per heavy atom. The fraction of sp³-hybridized carbons (Fsp3) is 0.364. The number of carbonyl (C=O) groups is 2. The average molecular weight is 400 g/mol. The second-order valence-corrected chi connectivity index (χ2v) is 6.90. The van der Waals surface area contributed by atoms with Crippen LogP contribution in [0.2, 0.25) is 0 Å². The third-order valence-corrected chi connectivity index (χ3v) is 5.01. The maximum absolute atomic E-state index is 13.3. The van der Waals surface area contributed by atoms with Crippen LogP contribution >= 0.6 is 0 Å². The number of rotatable bonds is 7. The minimum atomic E-state index is -0.433. The van der Waals surface area contributed by atoms with E-state index in [4.69, 9.17) is 9.47 Å². The minimum absolute atomic E-state index is 0.0943. The molecule has 0 spiro atoms. The molecule has 6 nitrogen and oxygen atoms in total. The summed E-state index contributed by atoms with van der Waals surface area (Å²) in [6.07, 6.45) is 1.39. The number of nitrogens with one attached hydrogen (secondary N) is 2. The summed E-state index contributed by atoms with van der Waals surface area (Å²) in [7, 11) is 0. The number of anilines is 1. The van der Waals surface area contributed by atoms with Crippen LogP contribution in [0.3, 0.4) is 0 Å². The fourth-order valence-electron chi connectivity index (χ4n) is 3.42. The number of ether oxygens (including phenoxy) is 2. The number of amides is 1. The van der Waals surface area contributed by atoms with Gasteiger partial charge in [-0.05, 0) is 61.7 Å². The van der Waals surface area contributed by atoms with Gasteiger partial charge < -0.3 is 14.8 Å². The van der Waals surface area contributed by atoms with Crippen LogP contribution in [0.15, 0.2) is 48.5 Å². The molecule has 1 aliphatic heterocycles. The number of benzene rings is 2. The molecule has 0 aliphatic carbocycles. The summed E-state index contributed by atoms with van der Waals surface area (Å²) in [5.74, 6) is -0.894. The summed E-state index contributed by atoms with van der Waals surface area (Å²) in [4.78, 5) is 24.1. The Bertz CT molecular complexity index is 831. The smallest absolute Gasteiger partial charge is 0.338 e. The number of carbonyl (C=O) groups excluding carboxylic acids is 2. The molecule has 154 valence electrons. The zero-order valence-corrected chi connectivity index (χ0v) is 16.4. The van der Waals surface area contributed by atoms with Crippen molar-refractivity contribution in [2.24, 2.45) is 0 Å². The van der Waals surface area contributed by atoms with Crippen LogP contribution in [0.5, 0.6) is 0 Å². The molecule has 0 bridgehead atoms. The van der Waals surface area contributed by atoms with Gasteiger partial charge in [0.2, 0.25) is 5.91 Å². The van der Waals surface area contributed by atoms with E-state index in [1.807, 2.05) is 0 Å². The van der Waals surface area contributed by atoms with E-state index in [9.17, 15) is 14.0 Å². The highest BCUT2D eigenvalue weighted by atomic mass is 19.1. The molecule has 0 radical (unpaired) electrons. The second kappa shape index (κ2) is 9.62. The van der Waals surface area contributed by atoms with Crippen molar-refractivity contribution in [2.75, 3.05) is 31.7 Å². The van der Waals surface area contributed by atoms with Crippen molar-refractivity contribution >= 4 is 17.6 Å². The van der Waals surface area contributed by atoms with Crippen molar-refractivity contribution in [3.05, 3.63) is 65.5 Å². The van der Waals surface area contributed by atoms with Gasteiger partial charge in [-0.15, -0.1) is 0 Å². The number of hydrogen-bond donors (Lipinski definition) is 2. The summed E-state index contributed by atoms with van der Waals surface area (Å²) in [6.45, 7) is 3.29. The van der Waals surface area contributed by atoms with E-state index in [0.29, 0.717) is 43.9 Å². The van der Waals surface area contributed by atoms with E-state index < -0.39 is 11.5 Å². The lowest BCUT2D eigenvalue weighted by Crippen LogP contribution is -2.49. The van der Waals surface area contributed by atoms with Gasteiger partial charge in [-0.3, -0.25) is 10.1 Å². The van der Waals surface area contributed by atoms with Gasteiger partial charge in [-0.1, -0.05) is 12.1 Å². The highest BCUT2D eigenvalue weighted by Gasteiger charge is 2.34. The molecule has 29 heavy (non-hydrogen) atoms. The van der Waals surface area contributed by atoms with Crippen molar-refractivity contribution < 1.29 is 23.5 Å². The number of halogens is 1. The van der Waals surface area contributed by atoms with E-state index >= 15 is 0 Å². The van der Waals surface area contributed by atoms with Crippen molar-refractivity contribution in [3.8, 4) is 0 Å². The molecule has 0 aromatic heterocycles. The van der Waals surface area contributed by atoms with Crippen LogP contribution in [-0.4, -0.2) is 38.2 Å². The van der Waals surface area contributed by atoms with Crippen LogP contribution in [0, 0.1) is 5.82 Å². The van der Waals surface area contributed by atoms with E-state index in [0.717, 1.165) is 5.56 Å². The maximum Gasteiger partial charge on any atom is 0.338 e. The standard InChI is InChI=1S/C22H25FN2O4/c1-2-29-21(27)16-3-9-19(10-4-16)25-20(26)15-24-22(11-13-28-14-12-22)17-5-7-18(23)8-6-17/h3-10,24H,2,11-15H2,1H3,(H,25,26).